The zero-order valence-electron chi connectivity index (χ0n) is 20.8. The van der Waals surface area contributed by atoms with Gasteiger partial charge >= 0.3 is 0 Å². The van der Waals surface area contributed by atoms with Crippen molar-refractivity contribution in [2.45, 2.75) is 174 Å². The Morgan fingerprint density at radius 3 is 0.724 bits per heavy atom. The molecule has 0 heterocycles. The lowest BCUT2D eigenvalue weighted by atomic mass is 10.0. The zero-order valence-corrected chi connectivity index (χ0v) is 20.8. The van der Waals surface area contributed by atoms with E-state index in [4.69, 9.17) is 0 Å². The van der Waals surface area contributed by atoms with Gasteiger partial charge in [0.25, 0.3) is 0 Å². The molecule has 0 atom stereocenters. The van der Waals surface area contributed by atoms with Crippen molar-refractivity contribution >= 4 is 0 Å². The van der Waals surface area contributed by atoms with Gasteiger partial charge in [0.1, 0.15) is 0 Å². The van der Waals surface area contributed by atoms with E-state index >= 15 is 0 Å². The second-order valence-corrected chi connectivity index (χ2v) is 9.47. The summed E-state index contributed by atoms with van der Waals surface area (Å²) in [6.45, 7) is 4.60. The minimum Gasteiger partial charge on any atom is -0.0885 e. The maximum absolute atomic E-state index is 2.45. The minimum absolute atomic E-state index is 1.31. The van der Waals surface area contributed by atoms with Crippen molar-refractivity contribution in [3.05, 3.63) is 12.2 Å². The average molecular weight is 407 g/mol. The van der Waals surface area contributed by atoms with E-state index in [1.165, 1.54) is 161 Å². The van der Waals surface area contributed by atoms with E-state index < -0.39 is 0 Å². The molecule has 0 spiro atoms. The standard InChI is InChI=1S/C29H58/c1-3-5-7-9-11-13-15-17-19-21-23-25-27-29-28-26-24-22-20-18-16-14-12-10-8-6-4-2/h25,27H,3-24,26,28-29H2,1-2H3/b27-25+. The van der Waals surface area contributed by atoms with Crippen LogP contribution in [-0.4, -0.2) is 0 Å². The van der Waals surface area contributed by atoms with Gasteiger partial charge in [-0.1, -0.05) is 161 Å². The molecule has 0 aliphatic carbocycles. The molecule has 0 bridgehead atoms. The average Bonchev–Trinajstić information content (AvgIpc) is 2.74. The molecular weight excluding hydrogens is 348 g/mol. The molecule has 174 valence electrons. The minimum atomic E-state index is 1.31. The summed E-state index contributed by atoms with van der Waals surface area (Å²) in [5, 5.41) is 0. The van der Waals surface area contributed by atoms with Crippen LogP contribution < -0.4 is 0 Å². The van der Waals surface area contributed by atoms with Crippen LogP contribution in [0.25, 0.3) is 0 Å². The summed E-state index contributed by atoms with van der Waals surface area (Å²) in [6, 6.07) is 0. The Hall–Kier alpha value is -0.260. The number of hydrogen-bond donors (Lipinski definition) is 0. The third kappa shape index (κ3) is 27.7. The highest BCUT2D eigenvalue weighted by Gasteiger charge is 1.94. The third-order valence-corrected chi connectivity index (χ3v) is 6.37. The van der Waals surface area contributed by atoms with Crippen molar-refractivity contribution in [2.24, 2.45) is 0 Å². The number of allylic oxidation sites excluding steroid dienone is 2. The molecular formula is C29H58. The summed E-state index contributed by atoms with van der Waals surface area (Å²) in [5.74, 6) is 0. The lowest BCUT2D eigenvalue weighted by molar-refractivity contribution is 0.540. The molecule has 0 radical (unpaired) electrons. The lowest BCUT2D eigenvalue weighted by Gasteiger charge is -2.02. The summed E-state index contributed by atoms with van der Waals surface area (Å²) >= 11 is 0. The van der Waals surface area contributed by atoms with Crippen LogP contribution in [0, 0.1) is 0 Å². The van der Waals surface area contributed by atoms with Crippen molar-refractivity contribution in [1.29, 1.82) is 0 Å². The molecule has 0 aromatic rings. The fourth-order valence-electron chi connectivity index (χ4n) is 4.27. The maximum Gasteiger partial charge on any atom is -0.0351 e. The van der Waals surface area contributed by atoms with E-state index in [0.717, 1.165) is 0 Å². The first kappa shape index (κ1) is 28.7. The highest BCUT2D eigenvalue weighted by molar-refractivity contribution is 4.81. The molecule has 0 aliphatic heterocycles. The smallest absolute Gasteiger partial charge is 0.0351 e. The molecule has 0 N–H and O–H groups in total. The van der Waals surface area contributed by atoms with E-state index in [1.54, 1.807) is 0 Å². The van der Waals surface area contributed by atoms with E-state index in [9.17, 15) is 0 Å². The van der Waals surface area contributed by atoms with Gasteiger partial charge in [-0.05, 0) is 25.7 Å². The van der Waals surface area contributed by atoms with Gasteiger partial charge in [0.2, 0.25) is 0 Å². The molecule has 0 saturated heterocycles. The molecule has 29 heavy (non-hydrogen) atoms. The van der Waals surface area contributed by atoms with Gasteiger partial charge in [0.15, 0.2) is 0 Å². The Labute approximate surface area is 186 Å². The van der Waals surface area contributed by atoms with E-state index in [1.807, 2.05) is 0 Å². The van der Waals surface area contributed by atoms with Gasteiger partial charge in [0, 0.05) is 0 Å². The fourth-order valence-corrected chi connectivity index (χ4v) is 4.27. The van der Waals surface area contributed by atoms with Crippen molar-refractivity contribution in [2.75, 3.05) is 0 Å². The first-order valence-electron chi connectivity index (χ1n) is 14.1. The first-order chi connectivity index (χ1) is 14.4. The van der Waals surface area contributed by atoms with Crippen LogP contribution in [0.15, 0.2) is 12.2 Å². The van der Waals surface area contributed by atoms with Gasteiger partial charge in [-0.25, -0.2) is 0 Å². The molecule has 0 saturated carbocycles. The van der Waals surface area contributed by atoms with E-state index in [-0.39, 0.29) is 0 Å². The topological polar surface area (TPSA) is 0 Å². The van der Waals surface area contributed by atoms with Gasteiger partial charge in [-0.15, -0.1) is 0 Å². The summed E-state index contributed by atoms with van der Waals surface area (Å²) in [4.78, 5) is 0. The normalized spacial score (nSPS) is 11.7. The Morgan fingerprint density at radius 1 is 0.276 bits per heavy atom. The second-order valence-electron chi connectivity index (χ2n) is 9.47. The molecule has 0 aliphatic rings. The van der Waals surface area contributed by atoms with Crippen LogP contribution in [-0.2, 0) is 0 Å². The SMILES string of the molecule is CCCCCCCCCCCC/C=C/CCCCCCCCCCCCCCC. The summed E-state index contributed by atoms with van der Waals surface area (Å²) in [6.07, 6.45) is 40.9. The Balaban J connectivity index is 3.05. The van der Waals surface area contributed by atoms with Gasteiger partial charge in [0.05, 0.1) is 0 Å². The van der Waals surface area contributed by atoms with Crippen LogP contribution in [0.2, 0.25) is 0 Å². The molecule has 0 amide bonds. The molecule has 0 heteroatoms. The fraction of sp³-hybridized carbons (Fsp3) is 0.931. The van der Waals surface area contributed by atoms with Crippen LogP contribution in [0.1, 0.15) is 174 Å². The summed E-state index contributed by atoms with van der Waals surface area (Å²) in [5.41, 5.74) is 0. The highest BCUT2D eigenvalue weighted by atomic mass is 14.0. The summed E-state index contributed by atoms with van der Waals surface area (Å²) in [7, 11) is 0. The van der Waals surface area contributed by atoms with Crippen LogP contribution >= 0.6 is 0 Å². The van der Waals surface area contributed by atoms with Crippen LogP contribution in [0.5, 0.6) is 0 Å². The maximum atomic E-state index is 2.45. The van der Waals surface area contributed by atoms with Crippen LogP contribution in [0.4, 0.5) is 0 Å². The van der Waals surface area contributed by atoms with Gasteiger partial charge < -0.3 is 0 Å². The van der Waals surface area contributed by atoms with Crippen LogP contribution in [0.3, 0.4) is 0 Å². The predicted molar refractivity (Wildman–Crippen MR) is 136 cm³/mol. The lowest BCUT2D eigenvalue weighted by Crippen LogP contribution is -1.83. The molecule has 0 aromatic carbocycles. The number of rotatable bonds is 25. The summed E-state index contributed by atoms with van der Waals surface area (Å²) < 4.78 is 0. The largest absolute Gasteiger partial charge is 0.0885 e. The van der Waals surface area contributed by atoms with E-state index in [2.05, 4.69) is 26.0 Å². The Morgan fingerprint density at radius 2 is 0.483 bits per heavy atom. The second kappa shape index (κ2) is 27.7. The van der Waals surface area contributed by atoms with E-state index in [0.29, 0.717) is 0 Å². The Kier molecular flexibility index (Phi) is 27.5. The van der Waals surface area contributed by atoms with Crippen molar-refractivity contribution in [3.8, 4) is 0 Å². The van der Waals surface area contributed by atoms with Gasteiger partial charge in [-0.3, -0.25) is 0 Å². The highest BCUT2D eigenvalue weighted by Crippen LogP contribution is 2.14. The molecule has 0 unspecified atom stereocenters. The Bertz CT molecular complexity index is 290. The van der Waals surface area contributed by atoms with Crippen molar-refractivity contribution < 1.29 is 0 Å². The quantitative estimate of drug-likeness (QED) is 0.104. The van der Waals surface area contributed by atoms with Crippen molar-refractivity contribution in [1.82, 2.24) is 0 Å². The predicted octanol–water partition coefficient (Wildman–Crippen LogP) is 11.3. The zero-order chi connectivity index (χ0) is 21.1. The molecule has 0 nitrogen and oxygen atoms in total. The number of unbranched alkanes of at least 4 members (excludes halogenated alkanes) is 23. The first-order valence-corrected chi connectivity index (χ1v) is 14.1. The molecule has 0 rings (SSSR count). The monoisotopic (exact) mass is 406 g/mol. The van der Waals surface area contributed by atoms with Gasteiger partial charge in [-0.2, -0.15) is 0 Å². The van der Waals surface area contributed by atoms with Crippen molar-refractivity contribution in [3.63, 3.8) is 0 Å². The molecule has 0 aromatic heterocycles. The third-order valence-electron chi connectivity index (χ3n) is 6.37. The molecule has 0 fully saturated rings. The number of hydrogen-bond acceptors (Lipinski definition) is 0.